The zero-order valence-electron chi connectivity index (χ0n) is 17.3. The number of rotatable bonds is 5. The lowest BCUT2D eigenvalue weighted by Crippen LogP contribution is -2.51. The van der Waals surface area contributed by atoms with Gasteiger partial charge in [-0.05, 0) is 44.1 Å². The van der Waals surface area contributed by atoms with Gasteiger partial charge in [-0.15, -0.1) is 0 Å². The third-order valence-electron chi connectivity index (χ3n) is 6.24. The highest BCUT2D eigenvalue weighted by atomic mass is 16.5. The molecule has 0 aliphatic carbocycles. The van der Waals surface area contributed by atoms with Crippen LogP contribution in [0.5, 0.6) is 5.75 Å². The Hall–Kier alpha value is -2.53. The number of hydrogen-bond donors (Lipinski definition) is 0. The molecule has 2 aliphatic rings. The van der Waals surface area contributed by atoms with Crippen molar-refractivity contribution >= 4 is 11.6 Å². The quantitative estimate of drug-likeness (QED) is 0.781. The summed E-state index contributed by atoms with van der Waals surface area (Å²) in [6.07, 6.45) is 1.90. The van der Waals surface area contributed by atoms with Crippen molar-refractivity contribution in [1.82, 2.24) is 9.80 Å². The Morgan fingerprint density at radius 1 is 0.897 bits per heavy atom. The monoisotopic (exact) mass is 393 g/mol. The summed E-state index contributed by atoms with van der Waals surface area (Å²) in [6, 6.07) is 18.7. The number of para-hydroxylation sites is 2. The van der Waals surface area contributed by atoms with E-state index in [1.54, 1.807) is 7.11 Å². The Morgan fingerprint density at radius 2 is 1.55 bits per heavy atom. The molecule has 0 N–H and O–H groups in total. The summed E-state index contributed by atoms with van der Waals surface area (Å²) in [5.41, 5.74) is 2.47. The van der Waals surface area contributed by atoms with E-state index in [4.69, 9.17) is 4.74 Å². The van der Waals surface area contributed by atoms with Crippen LogP contribution in [0.3, 0.4) is 0 Å². The minimum absolute atomic E-state index is 0.173. The van der Waals surface area contributed by atoms with E-state index in [1.165, 1.54) is 11.3 Å². The predicted octanol–water partition coefficient (Wildman–Crippen LogP) is 3.26. The highest BCUT2D eigenvalue weighted by molar-refractivity contribution is 5.79. The van der Waals surface area contributed by atoms with Crippen molar-refractivity contribution < 1.29 is 9.53 Å². The van der Waals surface area contributed by atoms with Crippen LogP contribution in [0.4, 0.5) is 5.69 Å². The van der Waals surface area contributed by atoms with Crippen LogP contribution in [-0.2, 0) is 11.3 Å². The fourth-order valence-corrected chi connectivity index (χ4v) is 4.49. The van der Waals surface area contributed by atoms with Gasteiger partial charge in [0.25, 0.3) is 0 Å². The molecule has 1 amide bonds. The molecule has 0 aromatic heterocycles. The largest absolute Gasteiger partial charge is 0.496 e. The number of ether oxygens (including phenoxy) is 1. The van der Waals surface area contributed by atoms with Crippen molar-refractivity contribution in [1.29, 1.82) is 0 Å². The van der Waals surface area contributed by atoms with E-state index in [1.807, 2.05) is 18.2 Å². The predicted molar refractivity (Wildman–Crippen MR) is 116 cm³/mol. The molecule has 5 heteroatoms. The number of carbonyl (C=O) groups is 1. The zero-order chi connectivity index (χ0) is 20.1. The molecule has 0 spiro atoms. The normalized spacial score (nSPS) is 18.7. The first-order chi connectivity index (χ1) is 14.2. The number of amides is 1. The van der Waals surface area contributed by atoms with Crippen LogP contribution < -0.4 is 9.64 Å². The van der Waals surface area contributed by atoms with Gasteiger partial charge in [-0.3, -0.25) is 9.69 Å². The Bertz CT molecular complexity index is 795. The maximum Gasteiger partial charge on any atom is 0.225 e. The van der Waals surface area contributed by atoms with Gasteiger partial charge in [0.05, 0.1) is 7.11 Å². The van der Waals surface area contributed by atoms with Crippen molar-refractivity contribution in [2.45, 2.75) is 19.4 Å². The van der Waals surface area contributed by atoms with Crippen molar-refractivity contribution in [3.63, 3.8) is 0 Å². The lowest BCUT2D eigenvalue weighted by molar-refractivity contribution is -0.137. The van der Waals surface area contributed by atoms with Crippen LogP contribution in [0.1, 0.15) is 18.4 Å². The highest BCUT2D eigenvalue weighted by Gasteiger charge is 2.30. The van der Waals surface area contributed by atoms with Gasteiger partial charge in [0.15, 0.2) is 0 Å². The van der Waals surface area contributed by atoms with Crippen molar-refractivity contribution in [3.05, 3.63) is 60.2 Å². The average molecular weight is 394 g/mol. The van der Waals surface area contributed by atoms with Gasteiger partial charge < -0.3 is 14.5 Å². The fraction of sp³-hybridized carbons (Fsp3) is 0.458. The minimum atomic E-state index is 0.173. The van der Waals surface area contributed by atoms with Gasteiger partial charge in [-0.2, -0.15) is 0 Å². The molecular weight excluding hydrogens is 362 g/mol. The second-order valence-corrected chi connectivity index (χ2v) is 8.01. The number of benzene rings is 2. The van der Waals surface area contributed by atoms with Crippen LogP contribution in [0, 0.1) is 5.92 Å². The van der Waals surface area contributed by atoms with E-state index < -0.39 is 0 Å². The summed E-state index contributed by atoms with van der Waals surface area (Å²) in [4.78, 5) is 19.9. The molecule has 2 aromatic rings. The van der Waals surface area contributed by atoms with Crippen LogP contribution in [0.25, 0.3) is 0 Å². The number of carbonyl (C=O) groups excluding carboxylic acids is 1. The van der Waals surface area contributed by atoms with Crippen molar-refractivity contribution in [2.24, 2.45) is 5.92 Å². The molecule has 2 heterocycles. The van der Waals surface area contributed by atoms with Gasteiger partial charge in [0.1, 0.15) is 5.75 Å². The molecule has 5 nitrogen and oxygen atoms in total. The van der Waals surface area contributed by atoms with Crippen molar-refractivity contribution in [3.8, 4) is 5.75 Å². The van der Waals surface area contributed by atoms with E-state index in [0.29, 0.717) is 5.91 Å². The summed E-state index contributed by atoms with van der Waals surface area (Å²) in [7, 11) is 1.72. The van der Waals surface area contributed by atoms with Gasteiger partial charge in [0, 0.05) is 49.9 Å². The molecule has 0 atom stereocenters. The molecule has 2 aliphatic heterocycles. The fourth-order valence-electron chi connectivity index (χ4n) is 4.49. The molecule has 0 saturated carbocycles. The van der Waals surface area contributed by atoms with E-state index in [0.717, 1.165) is 64.4 Å². The SMILES string of the molecule is COc1ccccc1CN1CCC(C(=O)N2CCN(c3ccccc3)CC2)CC1. The first kappa shape index (κ1) is 19.8. The van der Waals surface area contributed by atoms with Crippen LogP contribution in [0.2, 0.25) is 0 Å². The Kier molecular flexibility index (Phi) is 6.35. The molecule has 2 aromatic carbocycles. The van der Waals surface area contributed by atoms with Gasteiger partial charge in [-0.25, -0.2) is 0 Å². The maximum atomic E-state index is 13.0. The number of piperazine rings is 1. The van der Waals surface area contributed by atoms with E-state index in [-0.39, 0.29) is 5.92 Å². The number of anilines is 1. The second-order valence-electron chi connectivity index (χ2n) is 8.01. The molecule has 4 rings (SSSR count). The van der Waals surface area contributed by atoms with Gasteiger partial charge in [0.2, 0.25) is 5.91 Å². The Morgan fingerprint density at radius 3 is 2.24 bits per heavy atom. The smallest absolute Gasteiger partial charge is 0.225 e. The summed E-state index contributed by atoms with van der Waals surface area (Å²) in [5.74, 6) is 1.48. The third kappa shape index (κ3) is 4.73. The van der Waals surface area contributed by atoms with Gasteiger partial charge in [-0.1, -0.05) is 36.4 Å². The number of methoxy groups -OCH3 is 1. The minimum Gasteiger partial charge on any atom is -0.496 e. The summed E-state index contributed by atoms with van der Waals surface area (Å²) in [6.45, 7) is 6.33. The highest BCUT2D eigenvalue weighted by Crippen LogP contribution is 2.25. The molecule has 154 valence electrons. The second kappa shape index (κ2) is 9.31. The summed E-state index contributed by atoms with van der Waals surface area (Å²) in [5, 5.41) is 0. The topological polar surface area (TPSA) is 36.0 Å². The number of piperidine rings is 1. The summed E-state index contributed by atoms with van der Waals surface area (Å²) < 4.78 is 5.47. The standard InChI is InChI=1S/C24H31N3O2/c1-29-23-10-6-5-7-21(23)19-25-13-11-20(12-14-25)24(28)27-17-15-26(16-18-27)22-8-3-2-4-9-22/h2-10,20H,11-19H2,1H3. The van der Waals surface area contributed by atoms with E-state index in [2.05, 4.69) is 51.1 Å². The summed E-state index contributed by atoms with van der Waals surface area (Å²) >= 11 is 0. The Labute approximate surface area is 173 Å². The number of nitrogens with zero attached hydrogens (tertiary/aromatic N) is 3. The first-order valence-electron chi connectivity index (χ1n) is 10.7. The van der Waals surface area contributed by atoms with Crippen LogP contribution in [-0.4, -0.2) is 62.1 Å². The Balaban J connectivity index is 1.25. The molecule has 2 saturated heterocycles. The third-order valence-corrected chi connectivity index (χ3v) is 6.24. The maximum absolute atomic E-state index is 13.0. The molecule has 0 unspecified atom stereocenters. The van der Waals surface area contributed by atoms with Crippen molar-refractivity contribution in [2.75, 3.05) is 51.3 Å². The first-order valence-corrected chi connectivity index (χ1v) is 10.7. The van der Waals surface area contributed by atoms with E-state index >= 15 is 0 Å². The average Bonchev–Trinajstić information content (AvgIpc) is 2.80. The number of likely N-dealkylation sites (tertiary alicyclic amines) is 1. The molecule has 0 bridgehead atoms. The lowest BCUT2D eigenvalue weighted by atomic mass is 9.94. The molecular formula is C24H31N3O2. The number of hydrogen-bond acceptors (Lipinski definition) is 4. The van der Waals surface area contributed by atoms with Crippen LogP contribution >= 0.6 is 0 Å². The molecule has 29 heavy (non-hydrogen) atoms. The van der Waals surface area contributed by atoms with E-state index in [9.17, 15) is 4.79 Å². The zero-order valence-corrected chi connectivity index (χ0v) is 17.3. The molecule has 0 radical (unpaired) electrons. The van der Waals surface area contributed by atoms with Crippen LogP contribution in [0.15, 0.2) is 54.6 Å². The van der Waals surface area contributed by atoms with Gasteiger partial charge >= 0.3 is 0 Å². The molecule has 2 fully saturated rings. The lowest BCUT2D eigenvalue weighted by Gasteiger charge is -2.39.